The van der Waals surface area contributed by atoms with Crippen LogP contribution in [0.25, 0.3) is 0 Å². The molecule has 4 nitrogen and oxygen atoms in total. The van der Waals surface area contributed by atoms with Gasteiger partial charge >= 0.3 is 0 Å². The Morgan fingerprint density at radius 2 is 2.00 bits per heavy atom. The number of hydrogen-bond donors (Lipinski definition) is 2. The maximum atomic E-state index is 13.3. The molecule has 1 saturated carbocycles. The standard InChI is InChI=1S/C15H23FN4/c1-19(2)15(7-4-8-15)10-20(3)13-6-5-11(16)9-12(13)14(17)18/h5-6,9H,4,7-8,10H2,1-3H3,(H3,17,18). The second kappa shape index (κ2) is 5.40. The topological polar surface area (TPSA) is 56.4 Å². The number of benzene rings is 1. The van der Waals surface area contributed by atoms with E-state index in [4.69, 9.17) is 11.1 Å². The highest BCUT2D eigenvalue weighted by atomic mass is 19.1. The second-order valence-corrected chi connectivity index (χ2v) is 5.90. The summed E-state index contributed by atoms with van der Waals surface area (Å²) in [5.41, 5.74) is 7.02. The Hall–Kier alpha value is -1.62. The molecule has 0 spiro atoms. The number of nitrogen functional groups attached to an aromatic ring is 1. The highest BCUT2D eigenvalue weighted by Crippen LogP contribution is 2.37. The van der Waals surface area contributed by atoms with Crippen LogP contribution >= 0.6 is 0 Å². The molecule has 1 aliphatic carbocycles. The van der Waals surface area contributed by atoms with E-state index >= 15 is 0 Å². The summed E-state index contributed by atoms with van der Waals surface area (Å²) >= 11 is 0. The Morgan fingerprint density at radius 3 is 2.45 bits per heavy atom. The molecular weight excluding hydrogens is 255 g/mol. The zero-order chi connectivity index (χ0) is 14.9. The molecule has 2 rings (SSSR count). The number of amidine groups is 1. The summed E-state index contributed by atoms with van der Waals surface area (Å²) in [5, 5.41) is 7.61. The van der Waals surface area contributed by atoms with Gasteiger partial charge in [0.15, 0.2) is 0 Å². The van der Waals surface area contributed by atoms with Crippen LogP contribution in [0.4, 0.5) is 10.1 Å². The van der Waals surface area contributed by atoms with Crippen molar-refractivity contribution in [1.29, 1.82) is 5.41 Å². The highest BCUT2D eigenvalue weighted by molar-refractivity contribution is 6.00. The molecule has 20 heavy (non-hydrogen) atoms. The molecule has 0 aliphatic heterocycles. The van der Waals surface area contributed by atoms with Crippen molar-refractivity contribution in [1.82, 2.24) is 4.90 Å². The van der Waals surface area contributed by atoms with Crippen molar-refractivity contribution in [2.45, 2.75) is 24.8 Å². The molecule has 5 heteroatoms. The average Bonchev–Trinajstić information content (AvgIpc) is 2.32. The lowest BCUT2D eigenvalue weighted by molar-refractivity contribution is 0.0683. The van der Waals surface area contributed by atoms with Gasteiger partial charge in [-0.05, 0) is 51.6 Å². The van der Waals surface area contributed by atoms with E-state index in [0.717, 1.165) is 12.2 Å². The van der Waals surface area contributed by atoms with Crippen LogP contribution in [0.3, 0.4) is 0 Å². The lowest BCUT2D eigenvalue weighted by Crippen LogP contribution is -2.56. The van der Waals surface area contributed by atoms with Crippen molar-refractivity contribution in [3.05, 3.63) is 29.6 Å². The first kappa shape index (κ1) is 14.8. The Balaban J connectivity index is 2.25. The molecule has 1 fully saturated rings. The summed E-state index contributed by atoms with van der Waals surface area (Å²) in [7, 11) is 6.18. The minimum atomic E-state index is -0.363. The summed E-state index contributed by atoms with van der Waals surface area (Å²) in [4.78, 5) is 4.35. The summed E-state index contributed by atoms with van der Waals surface area (Å²) < 4.78 is 13.3. The molecule has 3 N–H and O–H groups in total. The summed E-state index contributed by atoms with van der Waals surface area (Å²) in [5.74, 6) is -0.461. The zero-order valence-corrected chi connectivity index (χ0v) is 12.4. The van der Waals surface area contributed by atoms with Crippen LogP contribution in [-0.4, -0.2) is 44.0 Å². The monoisotopic (exact) mass is 278 g/mol. The van der Waals surface area contributed by atoms with Crippen molar-refractivity contribution in [3.8, 4) is 0 Å². The summed E-state index contributed by atoms with van der Waals surface area (Å²) in [6.45, 7) is 0.853. The third kappa shape index (κ3) is 2.63. The Bertz CT molecular complexity index is 509. The molecule has 1 aromatic rings. The van der Waals surface area contributed by atoms with Gasteiger partial charge < -0.3 is 15.5 Å². The summed E-state index contributed by atoms with van der Waals surface area (Å²) in [6.07, 6.45) is 3.58. The van der Waals surface area contributed by atoms with Gasteiger partial charge in [0.05, 0.1) is 0 Å². The minimum Gasteiger partial charge on any atom is -0.384 e. The van der Waals surface area contributed by atoms with Gasteiger partial charge in [0.25, 0.3) is 0 Å². The smallest absolute Gasteiger partial charge is 0.125 e. The quantitative estimate of drug-likeness (QED) is 0.640. The first-order chi connectivity index (χ1) is 9.35. The van der Waals surface area contributed by atoms with Crippen molar-refractivity contribution in [2.24, 2.45) is 5.73 Å². The van der Waals surface area contributed by atoms with Crippen molar-refractivity contribution >= 4 is 11.5 Å². The van der Waals surface area contributed by atoms with Crippen molar-refractivity contribution < 1.29 is 4.39 Å². The number of hydrogen-bond acceptors (Lipinski definition) is 3. The first-order valence-electron chi connectivity index (χ1n) is 6.88. The normalized spacial score (nSPS) is 16.9. The van der Waals surface area contributed by atoms with E-state index in [0.29, 0.717) is 5.56 Å². The van der Waals surface area contributed by atoms with Gasteiger partial charge in [-0.25, -0.2) is 4.39 Å². The number of anilines is 1. The van der Waals surface area contributed by atoms with Gasteiger partial charge in [0.2, 0.25) is 0 Å². The Morgan fingerprint density at radius 1 is 1.35 bits per heavy atom. The molecule has 0 bridgehead atoms. The highest BCUT2D eigenvalue weighted by Gasteiger charge is 2.40. The molecule has 1 aromatic carbocycles. The fourth-order valence-electron chi connectivity index (χ4n) is 2.92. The molecule has 0 amide bonds. The van der Waals surface area contributed by atoms with Crippen molar-refractivity contribution in [3.63, 3.8) is 0 Å². The average molecular weight is 278 g/mol. The van der Waals surface area contributed by atoms with Gasteiger partial charge in [-0.1, -0.05) is 0 Å². The SMILES string of the molecule is CN(CC1(N(C)C)CCC1)c1ccc(F)cc1C(=N)N. The van der Waals surface area contributed by atoms with Gasteiger partial charge in [-0.15, -0.1) is 0 Å². The fraction of sp³-hybridized carbons (Fsp3) is 0.533. The fourth-order valence-corrected chi connectivity index (χ4v) is 2.92. The minimum absolute atomic E-state index is 0.0983. The van der Waals surface area contributed by atoms with E-state index < -0.39 is 0 Å². The van der Waals surface area contributed by atoms with Crippen LogP contribution in [0.5, 0.6) is 0 Å². The first-order valence-corrected chi connectivity index (χ1v) is 6.88. The van der Waals surface area contributed by atoms with E-state index in [-0.39, 0.29) is 17.2 Å². The van der Waals surface area contributed by atoms with E-state index in [1.165, 1.54) is 31.4 Å². The molecule has 1 aliphatic rings. The number of nitrogens with one attached hydrogen (secondary N) is 1. The number of likely N-dealkylation sites (N-methyl/N-ethyl adjacent to an activating group) is 2. The molecule has 0 atom stereocenters. The van der Waals surface area contributed by atoms with Crippen LogP contribution in [0.15, 0.2) is 18.2 Å². The van der Waals surface area contributed by atoms with Crippen LogP contribution in [-0.2, 0) is 0 Å². The second-order valence-electron chi connectivity index (χ2n) is 5.90. The summed E-state index contributed by atoms with van der Waals surface area (Å²) in [6, 6.07) is 4.45. The molecule has 0 aromatic heterocycles. The molecule has 0 radical (unpaired) electrons. The lowest BCUT2D eigenvalue weighted by Gasteiger charge is -2.49. The van der Waals surface area contributed by atoms with Gasteiger partial charge in [-0.2, -0.15) is 0 Å². The van der Waals surface area contributed by atoms with E-state index in [2.05, 4.69) is 23.9 Å². The third-order valence-corrected chi connectivity index (χ3v) is 4.42. The third-order valence-electron chi connectivity index (χ3n) is 4.42. The molecule has 0 heterocycles. The number of nitrogens with zero attached hydrogens (tertiary/aromatic N) is 2. The van der Waals surface area contributed by atoms with Crippen molar-refractivity contribution in [2.75, 3.05) is 32.6 Å². The van der Waals surface area contributed by atoms with Gasteiger partial charge in [-0.3, -0.25) is 5.41 Å². The van der Waals surface area contributed by atoms with E-state index in [9.17, 15) is 4.39 Å². The number of nitrogens with two attached hydrogens (primary N) is 1. The molecular formula is C15H23FN4. The van der Waals surface area contributed by atoms with Gasteiger partial charge in [0, 0.05) is 30.4 Å². The van der Waals surface area contributed by atoms with E-state index in [1.807, 2.05) is 7.05 Å². The Labute approximate surface area is 119 Å². The van der Waals surface area contributed by atoms with Crippen LogP contribution in [0.2, 0.25) is 0 Å². The largest absolute Gasteiger partial charge is 0.384 e. The predicted octanol–water partition coefficient (Wildman–Crippen LogP) is 2.03. The maximum absolute atomic E-state index is 13.3. The van der Waals surface area contributed by atoms with E-state index in [1.54, 1.807) is 6.07 Å². The lowest BCUT2D eigenvalue weighted by atomic mass is 9.75. The number of rotatable bonds is 5. The predicted molar refractivity (Wildman–Crippen MR) is 81.0 cm³/mol. The Kier molecular flexibility index (Phi) is 3.99. The maximum Gasteiger partial charge on any atom is 0.125 e. The van der Waals surface area contributed by atoms with Crippen LogP contribution in [0.1, 0.15) is 24.8 Å². The van der Waals surface area contributed by atoms with Crippen LogP contribution in [0, 0.1) is 11.2 Å². The van der Waals surface area contributed by atoms with Crippen LogP contribution < -0.4 is 10.6 Å². The molecule has 110 valence electrons. The zero-order valence-electron chi connectivity index (χ0n) is 12.4. The molecule has 0 unspecified atom stereocenters. The molecule has 0 saturated heterocycles. The van der Waals surface area contributed by atoms with Gasteiger partial charge in [0.1, 0.15) is 11.7 Å². The number of halogens is 1.